The maximum Gasteiger partial charge on any atom is 0.0553 e. The second-order valence-electron chi connectivity index (χ2n) is 3.45. The van der Waals surface area contributed by atoms with E-state index in [1.54, 1.807) is 0 Å². The summed E-state index contributed by atoms with van der Waals surface area (Å²) >= 11 is 2.02. The van der Waals surface area contributed by atoms with E-state index in [9.17, 15) is 0 Å². The molecule has 1 aliphatic rings. The fraction of sp³-hybridized carbons (Fsp3) is 0.545. The summed E-state index contributed by atoms with van der Waals surface area (Å²) in [6.45, 7) is 4.48. The molecule has 1 aromatic heterocycles. The second-order valence-corrected chi connectivity index (χ2v) is 4.76. The van der Waals surface area contributed by atoms with Crippen molar-refractivity contribution in [2.45, 2.75) is 43.3 Å². The zero-order valence-electron chi connectivity index (χ0n) is 8.21. The van der Waals surface area contributed by atoms with E-state index in [-0.39, 0.29) is 0 Å². The molecule has 13 heavy (non-hydrogen) atoms. The van der Waals surface area contributed by atoms with Gasteiger partial charge in [0.15, 0.2) is 0 Å². The predicted molar refractivity (Wildman–Crippen MR) is 57.3 cm³/mol. The topological polar surface area (TPSA) is 12.9 Å². The molecular formula is C11H15NS. The Balaban J connectivity index is 2.33. The zero-order valence-corrected chi connectivity index (χ0v) is 9.03. The summed E-state index contributed by atoms with van der Waals surface area (Å²) in [5, 5.41) is 0.773. The van der Waals surface area contributed by atoms with Crippen LogP contribution in [0.5, 0.6) is 0 Å². The number of thioether (sulfide) groups is 1. The van der Waals surface area contributed by atoms with Crippen molar-refractivity contribution in [2.75, 3.05) is 0 Å². The summed E-state index contributed by atoms with van der Waals surface area (Å²) in [6, 6.07) is 2.16. The number of hydrogen-bond acceptors (Lipinski definition) is 2. The minimum Gasteiger partial charge on any atom is -0.260 e. The molecule has 0 saturated heterocycles. The first-order valence-corrected chi connectivity index (χ1v) is 5.86. The van der Waals surface area contributed by atoms with Crippen LogP contribution < -0.4 is 0 Å². The van der Waals surface area contributed by atoms with Crippen LogP contribution in [0.3, 0.4) is 0 Å². The normalized spacial score (nSPS) is 20.3. The van der Waals surface area contributed by atoms with E-state index in [0.717, 1.165) is 11.7 Å². The first kappa shape index (κ1) is 9.07. The van der Waals surface area contributed by atoms with Crippen molar-refractivity contribution >= 4 is 11.8 Å². The molecule has 0 spiro atoms. The van der Waals surface area contributed by atoms with Crippen molar-refractivity contribution in [3.8, 4) is 0 Å². The van der Waals surface area contributed by atoms with Gasteiger partial charge in [0, 0.05) is 22.8 Å². The van der Waals surface area contributed by atoms with Gasteiger partial charge >= 0.3 is 0 Å². The third-order valence-electron chi connectivity index (χ3n) is 2.60. The Bertz CT molecular complexity index is 309. The lowest BCUT2D eigenvalue weighted by molar-refractivity contribution is 0.806. The number of hydrogen-bond donors (Lipinski definition) is 0. The third kappa shape index (κ3) is 1.60. The first-order chi connectivity index (χ1) is 6.35. The molecule has 0 aromatic carbocycles. The molecule has 2 rings (SSSR count). The smallest absolute Gasteiger partial charge is 0.0553 e. The maximum absolute atomic E-state index is 4.45. The van der Waals surface area contributed by atoms with Crippen molar-refractivity contribution in [3.63, 3.8) is 0 Å². The summed E-state index contributed by atoms with van der Waals surface area (Å²) in [5.74, 6) is 0. The molecule has 0 fully saturated rings. The van der Waals surface area contributed by atoms with Crippen molar-refractivity contribution < 1.29 is 0 Å². The van der Waals surface area contributed by atoms with E-state index in [0.29, 0.717) is 0 Å². The quantitative estimate of drug-likeness (QED) is 0.716. The van der Waals surface area contributed by atoms with E-state index in [2.05, 4.69) is 24.9 Å². The van der Waals surface area contributed by atoms with Gasteiger partial charge in [0.1, 0.15) is 0 Å². The Kier molecular flexibility index (Phi) is 2.58. The third-order valence-corrected chi connectivity index (χ3v) is 4.17. The van der Waals surface area contributed by atoms with E-state index in [1.807, 2.05) is 18.0 Å². The number of pyridine rings is 1. The van der Waals surface area contributed by atoms with Gasteiger partial charge in [-0.05, 0) is 24.5 Å². The minimum atomic E-state index is 0.773. The van der Waals surface area contributed by atoms with Crippen LogP contribution in [0.15, 0.2) is 17.2 Å². The molecule has 2 heterocycles. The lowest BCUT2D eigenvalue weighted by Crippen LogP contribution is -1.97. The van der Waals surface area contributed by atoms with E-state index in [1.165, 1.54) is 29.0 Å². The van der Waals surface area contributed by atoms with Gasteiger partial charge in [0.25, 0.3) is 0 Å². The Morgan fingerprint density at radius 2 is 2.38 bits per heavy atom. The number of aryl methyl sites for hydroxylation is 1. The van der Waals surface area contributed by atoms with Crippen LogP contribution in [0.1, 0.15) is 31.5 Å². The average molecular weight is 193 g/mol. The van der Waals surface area contributed by atoms with Crippen LogP contribution in [0.4, 0.5) is 0 Å². The summed E-state index contributed by atoms with van der Waals surface area (Å²) < 4.78 is 0. The fourth-order valence-electron chi connectivity index (χ4n) is 1.76. The zero-order chi connectivity index (χ0) is 9.26. The highest BCUT2D eigenvalue weighted by Gasteiger charge is 2.23. The Labute approximate surface area is 84.0 Å². The molecule has 1 atom stereocenters. The highest BCUT2D eigenvalue weighted by atomic mass is 32.2. The lowest BCUT2D eigenvalue weighted by atomic mass is 10.1. The van der Waals surface area contributed by atoms with Crippen molar-refractivity contribution in [2.24, 2.45) is 0 Å². The van der Waals surface area contributed by atoms with E-state index < -0.39 is 0 Å². The molecule has 70 valence electrons. The van der Waals surface area contributed by atoms with E-state index >= 15 is 0 Å². The molecule has 1 nitrogen and oxygen atoms in total. The Hall–Kier alpha value is -0.500. The molecule has 0 aliphatic carbocycles. The molecule has 2 heteroatoms. The molecule has 0 N–H and O–H groups in total. The molecule has 0 amide bonds. The van der Waals surface area contributed by atoms with Gasteiger partial charge in [-0.3, -0.25) is 4.98 Å². The Morgan fingerprint density at radius 3 is 3.08 bits per heavy atom. The highest BCUT2D eigenvalue weighted by Crippen LogP contribution is 2.39. The molecule has 0 saturated carbocycles. The monoisotopic (exact) mass is 193 g/mol. The van der Waals surface area contributed by atoms with Gasteiger partial charge in [0.05, 0.1) is 5.69 Å². The molecule has 0 radical (unpaired) electrons. The molecule has 1 aromatic rings. The van der Waals surface area contributed by atoms with Crippen LogP contribution in [0, 0.1) is 0 Å². The van der Waals surface area contributed by atoms with Crippen LogP contribution in [0.25, 0.3) is 0 Å². The van der Waals surface area contributed by atoms with Crippen LogP contribution >= 0.6 is 11.8 Å². The van der Waals surface area contributed by atoms with Gasteiger partial charge in [-0.15, -0.1) is 11.8 Å². The van der Waals surface area contributed by atoms with Gasteiger partial charge in [-0.1, -0.05) is 13.8 Å². The van der Waals surface area contributed by atoms with Crippen LogP contribution in [0.2, 0.25) is 0 Å². The number of nitrogens with zero attached hydrogens (tertiary/aromatic N) is 1. The van der Waals surface area contributed by atoms with Gasteiger partial charge in [0.2, 0.25) is 0 Å². The van der Waals surface area contributed by atoms with Gasteiger partial charge < -0.3 is 0 Å². The van der Waals surface area contributed by atoms with Crippen LogP contribution in [-0.2, 0) is 12.8 Å². The predicted octanol–water partition coefficient (Wildman–Crippen LogP) is 3.07. The van der Waals surface area contributed by atoms with Gasteiger partial charge in [-0.25, -0.2) is 0 Å². The van der Waals surface area contributed by atoms with Gasteiger partial charge in [-0.2, -0.15) is 0 Å². The fourth-order valence-corrected chi connectivity index (χ4v) is 3.13. The van der Waals surface area contributed by atoms with Crippen molar-refractivity contribution in [1.82, 2.24) is 4.98 Å². The molecule has 0 bridgehead atoms. The van der Waals surface area contributed by atoms with Crippen molar-refractivity contribution in [1.29, 1.82) is 0 Å². The largest absolute Gasteiger partial charge is 0.260 e. The van der Waals surface area contributed by atoms with Crippen molar-refractivity contribution in [3.05, 3.63) is 23.5 Å². The van der Waals surface area contributed by atoms with Crippen LogP contribution in [-0.4, -0.2) is 10.2 Å². The highest BCUT2D eigenvalue weighted by molar-refractivity contribution is 8.00. The summed E-state index contributed by atoms with van der Waals surface area (Å²) in [7, 11) is 0. The minimum absolute atomic E-state index is 0.773. The van der Waals surface area contributed by atoms with E-state index in [4.69, 9.17) is 0 Å². The SMILES string of the molecule is CCc1ccnc2c1SC(CC)C2. The number of fused-ring (bicyclic) bond motifs is 1. The lowest BCUT2D eigenvalue weighted by Gasteiger charge is -2.04. The average Bonchev–Trinajstić information content (AvgIpc) is 2.59. The molecular weight excluding hydrogens is 178 g/mol. The maximum atomic E-state index is 4.45. The summed E-state index contributed by atoms with van der Waals surface area (Å²) in [6.07, 6.45) is 5.51. The molecule has 1 unspecified atom stereocenters. The Morgan fingerprint density at radius 1 is 1.54 bits per heavy atom. The number of aromatic nitrogens is 1. The summed E-state index contributed by atoms with van der Waals surface area (Å²) in [5.41, 5.74) is 2.81. The number of rotatable bonds is 2. The first-order valence-electron chi connectivity index (χ1n) is 4.98. The second kappa shape index (κ2) is 3.70. The summed E-state index contributed by atoms with van der Waals surface area (Å²) in [4.78, 5) is 5.91. The standard InChI is InChI=1S/C11H15NS/c1-3-8-5-6-12-10-7-9(4-2)13-11(8)10/h5-6,9H,3-4,7H2,1-2H3. The molecule has 1 aliphatic heterocycles.